The summed E-state index contributed by atoms with van der Waals surface area (Å²) in [5, 5.41) is 1.83. The van der Waals surface area contributed by atoms with Crippen molar-refractivity contribution in [3.63, 3.8) is 0 Å². The molecule has 3 nitrogen and oxygen atoms in total. The number of aliphatic imine (C=N–C) groups is 1. The van der Waals surface area contributed by atoms with E-state index in [0.29, 0.717) is 4.90 Å². The Morgan fingerprint density at radius 1 is 1.67 bits per heavy atom. The molecular weight excluding hydrogens is 297 g/mol. The minimum Gasteiger partial charge on any atom is -0.468 e. The van der Waals surface area contributed by atoms with Crippen molar-refractivity contribution >= 4 is 52.4 Å². The zero-order chi connectivity index (χ0) is 13.7. The van der Waals surface area contributed by atoms with Crippen LogP contribution in [0.4, 0.5) is 10.1 Å². The molecule has 0 fully saturated rings. The summed E-state index contributed by atoms with van der Waals surface area (Å²) in [7, 11) is 1.30. The van der Waals surface area contributed by atoms with Crippen LogP contribution < -0.4 is 0 Å². The minimum atomic E-state index is -0.590. The number of halogens is 2. The third kappa shape index (κ3) is 3.78. The molecule has 7 heteroatoms. The molecule has 0 heterocycles. The zero-order valence-electron chi connectivity index (χ0n) is 9.57. The standard InChI is InChI=1S/C11H9ClFNO2S2/c1-6(11(15)16-2)18-10-4-9(14-5-17)8(13)3-7(10)12/h3-4,6H,1-2H3. The highest BCUT2D eigenvalue weighted by molar-refractivity contribution is 8.00. The molecule has 0 radical (unpaired) electrons. The van der Waals surface area contributed by atoms with Crippen molar-refractivity contribution in [1.29, 1.82) is 0 Å². The Morgan fingerprint density at radius 3 is 2.89 bits per heavy atom. The van der Waals surface area contributed by atoms with Crippen LogP contribution in [0.5, 0.6) is 0 Å². The smallest absolute Gasteiger partial charge is 0.318 e. The SMILES string of the molecule is COC(=O)C(C)Sc1cc(N=C=S)c(F)cc1Cl. The van der Waals surface area contributed by atoms with E-state index in [0.717, 1.165) is 17.8 Å². The maximum absolute atomic E-state index is 13.4. The van der Waals surface area contributed by atoms with E-state index in [-0.39, 0.29) is 16.7 Å². The zero-order valence-corrected chi connectivity index (χ0v) is 12.0. The number of isothiocyanates is 1. The predicted molar refractivity (Wildman–Crippen MR) is 73.4 cm³/mol. The number of carbonyl (C=O) groups is 1. The van der Waals surface area contributed by atoms with Gasteiger partial charge >= 0.3 is 5.97 Å². The van der Waals surface area contributed by atoms with Gasteiger partial charge in [0.1, 0.15) is 10.9 Å². The third-order valence-electron chi connectivity index (χ3n) is 2.00. The molecule has 1 aromatic rings. The number of esters is 1. The minimum absolute atomic E-state index is 0.0361. The van der Waals surface area contributed by atoms with Crippen LogP contribution in [0.25, 0.3) is 0 Å². The van der Waals surface area contributed by atoms with E-state index in [1.165, 1.54) is 13.2 Å². The van der Waals surface area contributed by atoms with Crippen LogP contribution in [0.2, 0.25) is 5.02 Å². The Morgan fingerprint density at radius 2 is 2.33 bits per heavy atom. The first-order valence-electron chi connectivity index (χ1n) is 4.81. The molecule has 96 valence electrons. The molecule has 0 N–H and O–H groups in total. The van der Waals surface area contributed by atoms with Gasteiger partial charge in [-0.1, -0.05) is 11.6 Å². The maximum Gasteiger partial charge on any atom is 0.318 e. The Labute approximate surface area is 118 Å². The first-order chi connectivity index (χ1) is 8.49. The number of benzene rings is 1. The summed E-state index contributed by atoms with van der Waals surface area (Å²) in [4.78, 5) is 15.4. The van der Waals surface area contributed by atoms with Crippen molar-refractivity contribution in [2.45, 2.75) is 17.1 Å². The number of thiocarbonyl (C=S) groups is 1. The number of thioether (sulfide) groups is 1. The van der Waals surface area contributed by atoms with Crippen LogP contribution >= 0.6 is 35.6 Å². The van der Waals surface area contributed by atoms with Gasteiger partial charge in [-0.3, -0.25) is 4.79 Å². The third-order valence-corrected chi connectivity index (χ3v) is 3.66. The summed E-state index contributed by atoms with van der Waals surface area (Å²) in [6.45, 7) is 1.67. The van der Waals surface area contributed by atoms with Crippen LogP contribution in [0, 0.1) is 5.82 Å². The van der Waals surface area contributed by atoms with Crippen molar-refractivity contribution in [1.82, 2.24) is 0 Å². The van der Waals surface area contributed by atoms with E-state index >= 15 is 0 Å². The lowest BCUT2D eigenvalue weighted by molar-refractivity contribution is -0.139. The van der Waals surface area contributed by atoms with Gasteiger partial charge in [-0.25, -0.2) is 4.39 Å². The average molecular weight is 306 g/mol. The second kappa shape index (κ2) is 6.85. The van der Waals surface area contributed by atoms with Crippen LogP contribution in [-0.4, -0.2) is 23.5 Å². The van der Waals surface area contributed by atoms with E-state index in [2.05, 4.69) is 27.1 Å². The molecule has 1 rings (SSSR count). The number of methoxy groups -OCH3 is 1. The molecule has 0 aliphatic heterocycles. The van der Waals surface area contributed by atoms with Gasteiger partial charge in [0.05, 0.1) is 17.3 Å². The summed E-state index contributed by atoms with van der Waals surface area (Å²) in [5.41, 5.74) is 0.0361. The van der Waals surface area contributed by atoms with Gasteiger partial charge in [-0.05, 0) is 31.3 Å². The second-order valence-corrected chi connectivity index (χ2v) is 5.19. The van der Waals surface area contributed by atoms with Gasteiger partial charge in [0.2, 0.25) is 0 Å². The monoisotopic (exact) mass is 305 g/mol. The molecule has 1 unspecified atom stereocenters. The molecule has 0 amide bonds. The van der Waals surface area contributed by atoms with Crippen molar-refractivity contribution in [3.8, 4) is 0 Å². The molecular formula is C11H9ClFNO2S2. The summed E-state index contributed by atoms with van der Waals surface area (Å²) in [5.74, 6) is -0.979. The Balaban J connectivity index is 3.05. The summed E-state index contributed by atoms with van der Waals surface area (Å²) >= 11 is 11.5. The van der Waals surface area contributed by atoms with Gasteiger partial charge in [0.15, 0.2) is 5.82 Å². The van der Waals surface area contributed by atoms with E-state index in [1.807, 2.05) is 0 Å². The largest absolute Gasteiger partial charge is 0.468 e. The number of carbonyl (C=O) groups excluding carboxylic acids is 1. The molecule has 1 aromatic carbocycles. The summed E-state index contributed by atoms with van der Waals surface area (Å²) < 4.78 is 18.0. The van der Waals surface area contributed by atoms with Crippen molar-refractivity contribution in [3.05, 3.63) is 23.0 Å². The summed E-state index contributed by atoms with van der Waals surface area (Å²) in [6, 6.07) is 2.54. The van der Waals surface area contributed by atoms with Gasteiger partial charge in [0, 0.05) is 4.90 Å². The van der Waals surface area contributed by atoms with Crippen molar-refractivity contribution < 1.29 is 13.9 Å². The van der Waals surface area contributed by atoms with Crippen molar-refractivity contribution in [2.24, 2.45) is 4.99 Å². The van der Waals surface area contributed by atoms with E-state index in [9.17, 15) is 9.18 Å². The number of ether oxygens (including phenoxy) is 1. The van der Waals surface area contributed by atoms with Gasteiger partial charge in [-0.2, -0.15) is 4.99 Å². The van der Waals surface area contributed by atoms with Crippen LogP contribution in [0.1, 0.15) is 6.92 Å². The Hall–Kier alpha value is -0.940. The molecule has 0 aliphatic rings. The molecule has 0 saturated carbocycles. The first-order valence-corrected chi connectivity index (χ1v) is 6.47. The van der Waals surface area contributed by atoms with E-state index < -0.39 is 11.1 Å². The second-order valence-electron chi connectivity index (χ2n) is 3.22. The number of nitrogens with zero attached hydrogens (tertiary/aromatic N) is 1. The van der Waals surface area contributed by atoms with Crippen LogP contribution in [0.3, 0.4) is 0 Å². The number of hydrogen-bond donors (Lipinski definition) is 0. The normalized spacial score (nSPS) is 11.6. The quantitative estimate of drug-likeness (QED) is 0.366. The molecule has 1 atom stereocenters. The highest BCUT2D eigenvalue weighted by atomic mass is 35.5. The lowest BCUT2D eigenvalue weighted by Gasteiger charge is -2.10. The Kier molecular flexibility index (Phi) is 5.75. The lowest BCUT2D eigenvalue weighted by atomic mass is 10.3. The molecule has 0 aliphatic carbocycles. The topological polar surface area (TPSA) is 38.7 Å². The molecule has 0 aromatic heterocycles. The fourth-order valence-corrected chi connectivity index (χ4v) is 2.45. The maximum atomic E-state index is 13.4. The van der Waals surface area contributed by atoms with Gasteiger partial charge < -0.3 is 4.74 Å². The van der Waals surface area contributed by atoms with E-state index in [4.69, 9.17) is 11.6 Å². The first kappa shape index (κ1) is 15.1. The van der Waals surface area contributed by atoms with Gasteiger partial charge in [-0.15, -0.1) is 11.8 Å². The fraction of sp³-hybridized carbons (Fsp3) is 0.273. The molecule has 18 heavy (non-hydrogen) atoms. The molecule has 0 spiro atoms. The van der Waals surface area contributed by atoms with E-state index in [1.54, 1.807) is 6.92 Å². The Bertz CT molecular complexity index is 518. The van der Waals surface area contributed by atoms with Crippen LogP contribution in [-0.2, 0) is 9.53 Å². The fourth-order valence-electron chi connectivity index (χ4n) is 1.15. The lowest BCUT2D eigenvalue weighted by Crippen LogP contribution is -2.14. The molecule has 0 saturated heterocycles. The molecule has 0 bridgehead atoms. The number of rotatable bonds is 4. The highest BCUT2D eigenvalue weighted by Gasteiger charge is 2.17. The predicted octanol–water partition coefficient (Wildman–Crippen LogP) is 3.87. The highest BCUT2D eigenvalue weighted by Crippen LogP contribution is 2.35. The number of hydrogen-bond acceptors (Lipinski definition) is 5. The van der Waals surface area contributed by atoms with Gasteiger partial charge in [0.25, 0.3) is 0 Å². The van der Waals surface area contributed by atoms with Crippen molar-refractivity contribution in [2.75, 3.05) is 7.11 Å². The van der Waals surface area contributed by atoms with Crippen LogP contribution in [0.15, 0.2) is 22.0 Å². The average Bonchev–Trinajstić information content (AvgIpc) is 2.34. The summed E-state index contributed by atoms with van der Waals surface area (Å²) in [6.07, 6.45) is 0.